The van der Waals surface area contributed by atoms with E-state index in [2.05, 4.69) is 22.2 Å². The molecule has 0 aliphatic heterocycles. The van der Waals surface area contributed by atoms with Gasteiger partial charge in [-0.3, -0.25) is 0 Å². The molecule has 74 valence electrons. The summed E-state index contributed by atoms with van der Waals surface area (Å²) in [5, 5.41) is 12.4. The molecule has 0 aliphatic carbocycles. The number of aromatic hydroxyl groups is 1. The van der Waals surface area contributed by atoms with Crippen molar-refractivity contribution in [1.82, 2.24) is 15.3 Å². The molecular weight excluding hydrogens is 178 g/mol. The van der Waals surface area contributed by atoms with Gasteiger partial charge in [-0.15, -0.1) is 0 Å². The molecule has 4 nitrogen and oxygen atoms in total. The van der Waals surface area contributed by atoms with Crippen molar-refractivity contribution in [2.75, 3.05) is 6.54 Å². The number of nitrogens with zero attached hydrogens (tertiary/aromatic N) is 1. The van der Waals surface area contributed by atoms with E-state index in [1.54, 1.807) is 18.2 Å². The van der Waals surface area contributed by atoms with Gasteiger partial charge < -0.3 is 15.4 Å². The van der Waals surface area contributed by atoms with Gasteiger partial charge in [0.1, 0.15) is 11.6 Å². The molecule has 0 fully saturated rings. The maximum absolute atomic E-state index is 9.25. The zero-order valence-corrected chi connectivity index (χ0v) is 8.04. The lowest BCUT2D eigenvalue weighted by molar-refractivity contribution is 0.476. The van der Waals surface area contributed by atoms with E-state index in [9.17, 15) is 5.11 Å². The Hall–Kier alpha value is -1.55. The predicted octanol–water partition coefficient (Wildman–Crippen LogP) is 1.38. The first kappa shape index (κ1) is 9.02. The molecule has 0 saturated carbocycles. The standard InChI is InChI=1S/C10H13N3O/c1-2-11-6-10-12-8-4-3-7(14)5-9(8)13-10/h3-5,11,14H,2,6H2,1H3,(H,12,13). The molecule has 14 heavy (non-hydrogen) atoms. The van der Waals surface area contributed by atoms with Crippen LogP contribution < -0.4 is 5.32 Å². The first-order chi connectivity index (χ1) is 6.79. The molecule has 2 aromatic rings. The Morgan fingerprint density at radius 2 is 2.36 bits per heavy atom. The topological polar surface area (TPSA) is 60.9 Å². The fourth-order valence-corrected chi connectivity index (χ4v) is 1.38. The SMILES string of the molecule is CCNCc1nc2ccc(O)cc2[nH]1. The lowest BCUT2D eigenvalue weighted by Crippen LogP contribution is -2.12. The van der Waals surface area contributed by atoms with Crippen molar-refractivity contribution in [3.8, 4) is 5.75 Å². The van der Waals surface area contributed by atoms with Crippen molar-refractivity contribution in [3.05, 3.63) is 24.0 Å². The van der Waals surface area contributed by atoms with Crippen LogP contribution >= 0.6 is 0 Å². The van der Waals surface area contributed by atoms with E-state index in [1.165, 1.54) is 0 Å². The molecule has 4 heteroatoms. The zero-order valence-electron chi connectivity index (χ0n) is 8.04. The molecular formula is C10H13N3O. The molecule has 0 bridgehead atoms. The Balaban J connectivity index is 2.32. The molecule has 0 atom stereocenters. The van der Waals surface area contributed by atoms with Gasteiger partial charge >= 0.3 is 0 Å². The average molecular weight is 191 g/mol. The second-order valence-corrected chi connectivity index (χ2v) is 3.17. The third-order valence-corrected chi connectivity index (χ3v) is 2.06. The molecule has 0 radical (unpaired) electrons. The summed E-state index contributed by atoms with van der Waals surface area (Å²) >= 11 is 0. The molecule has 0 spiro atoms. The minimum Gasteiger partial charge on any atom is -0.508 e. The monoisotopic (exact) mass is 191 g/mol. The number of hydrogen-bond donors (Lipinski definition) is 3. The van der Waals surface area contributed by atoms with E-state index in [-0.39, 0.29) is 5.75 Å². The Bertz CT molecular complexity index is 436. The summed E-state index contributed by atoms with van der Waals surface area (Å²) in [7, 11) is 0. The van der Waals surface area contributed by atoms with Crippen LogP contribution in [0, 0.1) is 0 Å². The van der Waals surface area contributed by atoms with Crippen molar-refractivity contribution in [2.24, 2.45) is 0 Å². The molecule has 0 saturated heterocycles. The smallest absolute Gasteiger partial charge is 0.121 e. The number of fused-ring (bicyclic) bond motifs is 1. The maximum atomic E-state index is 9.25. The Kier molecular flexibility index (Phi) is 2.37. The van der Waals surface area contributed by atoms with Crippen molar-refractivity contribution >= 4 is 11.0 Å². The number of aromatic nitrogens is 2. The van der Waals surface area contributed by atoms with Crippen molar-refractivity contribution in [2.45, 2.75) is 13.5 Å². The first-order valence-electron chi connectivity index (χ1n) is 4.68. The first-order valence-corrected chi connectivity index (χ1v) is 4.68. The van der Waals surface area contributed by atoms with Crippen molar-refractivity contribution in [1.29, 1.82) is 0 Å². The summed E-state index contributed by atoms with van der Waals surface area (Å²) in [5.41, 5.74) is 1.76. The summed E-state index contributed by atoms with van der Waals surface area (Å²) in [5.74, 6) is 1.16. The minimum atomic E-state index is 0.260. The zero-order chi connectivity index (χ0) is 9.97. The van der Waals surface area contributed by atoms with Gasteiger partial charge in [0, 0.05) is 6.07 Å². The van der Waals surface area contributed by atoms with Crippen LogP contribution in [0.5, 0.6) is 5.75 Å². The van der Waals surface area contributed by atoms with E-state index in [0.29, 0.717) is 0 Å². The molecule has 1 aromatic heterocycles. The van der Waals surface area contributed by atoms with Crippen LogP contribution in [0.4, 0.5) is 0 Å². The highest BCUT2D eigenvalue weighted by molar-refractivity contribution is 5.76. The predicted molar refractivity (Wildman–Crippen MR) is 55.1 cm³/mol. The van der Waals surface area contributed by atoms with Crippen LogP contribution in [-0.2, 0) is 6.54 Å². The summed E-state index contributed by atoms with van der Waals surface area (Å²) in [6, 6.07) is 5.12. The van der Waals surface area contributed by atoms with Crippen molar-refractivity contribution in [3.63, 3.8) is 0 Å². The van der Waals surface area contributed by atoms with Gasteiger partial charge in [0.15, 0.2) is 0 Å². The number of imidazole rings is 1. The van der Waals surface area contributed by atoms with E-state index in [4.69, 9.17) is 0 Å². The number of benzene rings is 1. The van der Waals surface area contributed by atoms with Crippen LogP contribution in [0.2, 0.25) is 0 Å². The number of H-pyrrole nitrogens is 1. The molecule has 0 aliphatic rings. The van der Waals surface area contributed by atoms with Crippen LogP contribution in [-0.4, -0.2) is 21.6 Å². The third kappa shape index (κ3) is 1.70. The van der Waals surface area contributed by atoms with E-state index < -0.39 is 0 Å². The second-order valence-electron chi connectivity index (χ2n) is 3.17. The largest absolute Gasteiger partial charge is 0.508 e. The number of rotatable bonds is 3. The summed E-state index contributed by atoms with van der Waals surface area (Å²) < 4.78 is 0. The Labute approximate surface area is 82.0 Å². The summed E-state index contributed by atoms with van der Waals surface area (Å²) in [4.78, 5) is 7.50. The number of hydrogen-bond acceptors (Lipinski definition) is 3. The van der Waals surface area contributed by atoms with Gasteiger partial charge in [-0.2, -0.15) is 0 Å². The van der Waals surface area contributed by atoms with E-state index >= 15 is 0 Å². The lowest BCUT2D eigenvalue weighted by atomic mass is 10.3. The molecule has 0 amide bonds. The van der Waals surface area contributed by atoms with E-state index in [0.717, 1.165) is 29.9 Å². The highest BCUT2D eigenvalue weighted by atomic mass is 16.3. The molecule has 3 N–H and O–H groups in total. The van der Waals surface area contributed by atoms with Crippen LogP contribution in [0.15, 0.2) is 18.2 Å². The summed E-state index contributed by atoms with van der Waals surface area (Å²) in [6.45, 7) is 3.70. The number of aromatic amines is 1. The molecule has 1 aromatic carbocycles. The number of nitrogens with one attached hydrogen (secondary N) is 2. The van der Waals surface area contributed by atoms with Crippen LogP contribution in [0.3, 0.4) is 0 Å². The minimum absolute atomic E-state index is 0.260. The average Bonchev–Trinajstić information content (AvgIpc) is 2.56. The number of phenolic OH excluding ortho intramolecular Hbond substituents is 1. The van der Waals surface area contributed by atoms with Gasteiger partial charge in [-0.1, -0.05) is 6.92 Å². The molecule has 2 rings (SSSR count). The van der Waals surface area contributed by atoms with Gasteiger partial charge in [0.25, 0.3) is 0 Å². The Morgan fingerprint density at radius 1 is 1.50 bits per heavy atom. The lowest BCUT2D eigenvalue weighted by Gasteiger charge is -1.94. The highest BCUT2D eigenvalue weighted by Gasteiger charge is 2.01. The second kappa shape index (κ2) is 3.67. The Morgan fingerprint density at radius 3 is 3.14 bits per heavy atom. The third-order valence-electron chi connectivity index (χ3n) is 2.06. The highest BCUT2D eigenvalue weighted by Crippen LogP contribution is 2.17. The molecule has 1 heterocycles. The number of phenols is 1. The summed E-state index contributed by atoms with van der Waals surface area (Å²) in [6.07, 6.45) is 0. The molecule has 0 unspecified atom stereocenters. The van der Waals surface area contributed by atoms with E-state index in [1.807, 2.05) is 0 Å². The quantitative estimate of drug-likeness (QED) is 0.686. The van der Waals surface area contributed by atoms with Crippen molar-refractivity contribution < 1.29 is 5.11 Å². The van der Waals surface area contributed by atoms with Crippen LogP contribution in [0.1, 0.15) is 12.7 Å². The van der Waals surface area contributed by atoms with Gasteiger partial charge in [-0.25, -0.2) is 4.98 Å². The fraction of sp³-hybridized carbons (Fsp3) is 0.300. The van der Waals surface area contributed by atoms with Gasteiger partial charge in [0.05, 0.1) is 17.6 Å². The van der Waals surface area contributed by atoms with Crippen LogP contribution in [0.25, 0.3) is 11.0 Å². The van der Waals surface area contributed by atoms with Gasteiger partial charge in [-0.05, 0) is 18.7 Å². The maximum Gasteiger partial charge on any atom is 0.121 e. The normalized spacial score (nSPS) is 10.9. The van der Waals surface area contributed by atoms with Gasteiger partial charge in [0.2, 0.25) is 0 Å². The fourth-order valence-electron chi connectivity index (χ4n) is 1.38.